The molecule has 0 aliphatic heterocycles. The van der Waals surface area contributed by atoms with Crippen molar-refractivity contribution in [2.75, 3.05) is 12.5 Å². The lowest BCUT2D eigenvalue weighted by Crippen LogP contribution is -2.26. The topological polar surface area (TPSA) is 84.1 Å². The Morgan fingerprint density at radius 3 is 2.90 bits per heavy atom. The average Bonchev–Trinajstić information content (AvgIpc) is 2.47. The van der Waals surface area contributed by atoms with E-state index in [1.165, 1.54) is 12.3 Å². The van der Waals surface area contributed by atoms with E-state index in [9.17, 15) is 4.79 Å². The van der Waals surface area contributed by atoms with Crippen molar-refractivity contribution in [3.63, 3.8) is 0 Å². The summed E-state index contributed by atoms with van der Waals surface area (Å²) in [6, 6.07) is 5.27. The molecule has 0 saturated carbocycles. The molecule has 0 saturated heterocycles. The second-order valence-corrected chi connectivity index (χ2v) is 4.63. The maximum Gasteiger partial charge on any atom is 0.255 e. The summed E-state index contributed by atoms with van der Waals surface area (Å²) in [5.74, 6) is 5.40. The molecule has 0 fully saturated rings. The van der Waals surface area contributed by atoms with Gasteiger partial charge in [0.15, 0.2) is 5.82 Å². The van der Waals surface area contributed by atoms with E-state index in [2.05, 4.69) is 15.4 Å². The standard InChI is InChI=1S/C13H14ClN5O/c1-19(8-9-3-2-4-16-6-9)13(20)10-5-11(14)12(18-15)17-7-10/h2-7H,8,15H2,1H3,(H,17,18). The van der Waals surface area contributed by atoms with Gasteiger partial charge in [-0.1, -0.05) is 17.7 Å². The molecule has 0 radical (unpaired) electrons. The maximum absolute atomic E-state index is 12.3. The Morgan fingerprint density at radius 1 is 1.50 bits per heavy atom. The van der Waals surface area contributed by atoms with Gasteiger partial charge in [-0.25, -0.2) is 10.8 Å². The van der Waals surface area contributed by atoms with Crippen molar-refractivity contribution in [3.05, 3.63) is 52.9 Å². The molecule has 20 heavy (non-hydrogen) atoms. The lowest BCUT2D eigenvalue weighted by molar-refractivity contribution is 0.0784. The van der Waals surface area contributed by atoms with E-state index in [-0.39, 0.29) is 5.91 Å². The SMILES string of the molecule is CN(Cc1cccnc1)C(=O)c1cnc(NN)c(Cl)c1. The largest absolute Gasteiger partial charge is 0.337 e. The van der Waals surface area contributed by atoms with Crippen molar-refractivity contribution in [2.45, 2.75) is 6.54 Å². The molecular formula is C13H14ClN5O. The van der Waals surface area contributed by atoms with Gasteiger partial charge >= 0.3 is 0 Å². The van der Waals surface area contributed by atoms with Crippen molar-refractivity contribution in [2.24, 2.45) is 5.84 Å². The molecule has 0 unspecified atom stereocenters. The number of rotatable bonds is 4. The fraction of sp³-hybridized carbons (Fsp3) is 0.154. The van der Waals surface area contributed by atoms with Crippen LogP contribution in [0.5, 0.6) is 0 Å². The molecule has 2 aromatic rings. The van der Waals surface area contributed by atoms with Crippen molar-refractivity contribution in [1.29, 1.82) is 0 Å². The fourth-order valence-electron chi connectivity index (χ4n) is 1.72. The highest BCUT2D eigenvalue weighted by Crippen LogP contribution is 2.20. The highest BCUT2D eigenvalue weighted by Gasteiger charge is 2.14. The first-order chi connectivity index (χ1) is 9.61. The summed E-state index contributed by atoms with van der Waals surface area (Å²) >= 11 is 5.95. The number of hydrazine groups is 1. The van der Waals surface area contributed by atoms with Gasteiger partial charge in [0, 0.05) is 32.2 Å². The van der Waals surface area contributed by atoms with Gasteiger partial charge in [-0.15, -0.1) is 0 Å². The second-order valence-electron chi connectivity index (χ2n) is 4.22. The first-order valence-corrected chi connectivity index (χ1v) is 6.26. The molecule has 6 nitrogen and oxygen atoms in total. The molecule has 2 rings (SSSR count). The average molecular weight is 292 g/mol. The van der Waals surface area contributed by atoms with Crippen LogP contribution in [0.3, 0.4) is 0 Å². The van der Waals surface area contributed by atoms with E-state index >= 15 is 0 Å². The van der Waals surface area contributed by atoms with E-state index < -0.39 is 0 Å². The number of halogens is 1. The van der Waals surface area contributed by atoms with Gasteiger partial charge in [0.1, 0.15) is 0 Å². The van der Waals surface area contributed by atoms with E-state index in [1.807, 2.05) is 12.1 Å². The van der Waals surface area contributed by atoms with Crippen molar-refractivity contribution in [3.8, 4) is 0 Å². The Morgan fingerprint density at radius 2 is 2.30 bits per heavy atom. The Kier molecular flexibility index (Phi) is 4.49. The summed E-state index contributed by atoms with van der Waals surface area (Å²) in [5.41, 5.74) is 3.70. The molecule has 3 N–H and O–H groups in total. The number of hydrogen-bond acceptors (Lipinski definition) is 5. The van der Waals surface area contributed by atoms with Crippen molar-refractivity contribution >= 4 is 23.3 Å². The van der Waals surface area contributed by atoms with Gasteiger partial charge in [-0.3, -0.25) is 9.78 Å². The van der Waals surface area contributed by atoms with Crippen LogP contribution in [0.15, 0.2) is 36.8 Å². The highest BCUT2D eigenvalue weighted by atomic mass is 35.5. The normalized spacial score (nSPS) is 10.2. The molecule has 104 valence electrons. The van der Waals surface area contributed by atoms with Gasteiger partial charge < -0.3 is 10.3 Å². The number of carbonyl (C=O) groups is 1. The monoisotopic (exact) mass is 291 g/mol. The molecule has 1 amide bonds. The van der Waals surface area contributed by atoms with E-state index in [0.717, 1.165) is 5.56 Å². The molecule has 0 aliphatic carbocycles. The van der Waals surface area contributed by atoms with Crippen molar-refractivity contribution < 1.29 is 4.79 Å². The zero-order valence-corrected chi connectivity index (χ0v) is 11.6. The zero-order chi connectivity index (χ0) is 14.5. The number of pyridine rings is 2. The van der Waals surface area contributed by atoms with Crippen LogP contribution >= 0.6 is 11.6 Å². The number of hydrogen-bond donors (Lipinski definition) is 2. The molecule has 0 aliphatic rings. The molecule has 0 atom stereocenters. The van der Waals surface area contributed by atoms with Crippen LogP contribution in [-0.2, 0) is 6.54 Å². The number of carbonyl (C=O) groups excluding carboxylic acids is 1. The minimum absolute atomic E-state index is 0.174. The number of anilines is 1. The summed E-state index contributed by atoms with van der Waals surface area (Å²) < 4.78 is 0. The summed E-state index contributed by atoms with van der Waals surface area (Å²) in [6.07, 6.45) is 4.84. The molecule has 2 aromatic heterocycles. The molecule has 0 bridgehead atoms. The van der Waals surface area contributed by atoms with Crippen molar-refractivity contribution in [1.82, 2.24) is 14.9 Å². The lowest BCUT2D eigenvalue weighted by atomic mass is 10.2. The predicted octanol–water partition coefficient (Wildman–Crippen LogP) is 1.69. The zero-order valence-electron chi connectivity index (χ0n) is 10.9. The van der Waals surface area contributed by atoms with Crippen LogP contribution in [0.1, 0.15) is 15.9 Å². The Labute approximate surface area is 121 Å². The Balaban J connectivity index is 2.12. The maximum atomic E-state index is 12.3. The molecule has 2 heterocycles. The quantitative estimate of drug-likeness (QED) is 0.661. The van der Waals surface area contributed by atoms with Gasteiger partial charge in [0.05, 0.1) is 10.6 Å². The minimum Gasteiger partial charge on any atom is -0.337 e. The smallest absolute Gasteiger partial charge is 0.255 e. The number of nitrogens with two attached hydrogens (primary N) is 1. The summed E-state index contributed by atoms with van der Waals surface area (Å²) in [6.45, 7) is 0.460. The van der Waals surface area contributed by atoms with E-state index in [4.69, 9.17) is 17.4 Å². The Bertz CT molecular complexity index is 605. The number of nitrogens with zero attached hydrogens (tertiary/aromatic N) is 3. The summed E-state index contributed by atoms with van der Waals surface area (Å²) in [7, 11) is 1.71. The summed E-state index contributed by atoms with van der Waals surface area (Å²) in [5, 5.41) is 0.299. The van der Waals surface area contributed by atoms with Crippen LogP contribution in [0.2, 0.25) is 5.02 Å². The number of aromatic nitrogens is 2. The molecule has 0 spiro atoms. The summed E-state index contributed by atoms with van der Waals surface area (Å²) in [4.78, 5) is 21.8. The molecule has 0 aromatic carbocycles. The number of amides is 1. The highest BCUT2D eigenvalue weighted by molar-refractivity contribution is 6.33. The fourth-order valence-corrected chi connectivity index (χ4v) is 1.94. The van der Waals surface area contributed by atoms with Gasteiger partial charge in [-0.05, 0) is 17.7 Å². The Hall–Kier alpha value is -2.18. The number of nitrogen functional groups attached to an aromatic ring is 1. The number of nitrogens with one attached hydrogen (secondary N) is 1. The molecular weight excluding hydrogens is 278 g/mol. The van der Waals surface area contributed by atoms with Crippen LogP contribution in [-0.4, -0.2) is 27.8 Å². The third-order valence-electron chi connectivity index (χ3n) is 2.71. The van der Waals surface area contributed by atoms with Crippen LogP contribution in [0, 0.1) is 0 Å². The van der Waals surface area contributed by atoms with Gasteiger partial charge in [0.25, 0.3) is 5.91 Å². The third kappa shape index (κ3) is 3.23. The van der Waals surface area contributed by atoms with E-state index in [0.29, 0.717) is 22.9 Å². The van der Waals surface area contributed by atoms with Crippen LogP contribution in [0.4, 0.5) is 5.82 Å². The van der Waals surface area contributed by atoms with Crippen LogP contribution < -0.4 is 11.3 Å². The van der Waals surface area contributed by atoms with E-state index in [1.54, 1.807) is 24.3 Å². The predicted molar refractivity (Wildman–Crippen MR) is 77.1 cm³/mol. The first-order valence-electron chi connectivity index (χ1n) is 5.88. The third-order valence-corrected chi connectivity index (χ3v) is 3.00. The lowest BCUT2D eigenvalue weighted by Gasteiger charge is -2.17. The van der Waals surface area contributed by atoms with Gasteiger partial charge in [-0.2, -0.15) is 0 Å². The van der Waals surface area contributed by atoms with Gasteiger partial charge in [0.2, 0.25) is 0 Å². The molecule has 7 heteroatoms. The van der Waals surface area contributed by atoms with Crippen LogP contribution in [0.25, 0.3) is 0 Å². The minimum atomic E-state index is -0.174. The first kappa shape index (κ1) is 14.2. The second kappa shape index (κ2) is 6.31.